The van der Waals surface area contributed by atoms with Crippen LogP contribution in [0.25, 0.3) is 10.9 Å². The van der Waals surface area contributed by atoms with Crippen LogP contribution in [0, 0.1) is 0 Å². The van der Waals surface area contributed by atoms with Gasteiger partial charge in [0.15, 0.2) is 11.5 Å². The van der Waals surface area contributed by atoms with Gasteiger partial charge in [-0.2, -0.15) is 0 Å². The average molecular weight is 491 g/mol. The van der Waals surface area contributed by atoms with Crippen LogP contribution in [0.4, 0.5) is 0 Å². The van der Waals surface area contributed by atoms with Gasteiger partial charge >= 0.3 is 0 Å². The number of H-pyrrole nitrogens is 1. The Labute approximate surface area is 217 Å². The second-order valence-electron chi connectivity index (χ2n) is 9.29. The summed E-state index contributed by atoms with van der Waals surface area (Å²) >= 11 is 0. The summed E-state index contributed by atoms with van der Waals surface area (Å²) in [7, 11) is 1.69. The van der Waals surface area contributed by atoms with Gasteiger partial charge in [-0.3, -0.25) is 0 Å². The molecule has 4 aromatic carbocycles. The Bertz CT molecular complexity index is 1500. The van der Waals surface area contributed by atoms with Crippen molar-refractivity contribution in [1.29, 1.82) is 0 Å². The zero-order valence-corrected chi connectivity index (χ0v) is 20.9. The number of aromatic nitrogens is 1. The molecule has 5 aromatic rings. The largest absolute Gasteiger partial charge is 0.493 e. The lowest BCUT2D eigenvalue weighted by molar-refractivity contribution is 0.278. The summed E-state index contributed by atoms with van der Waals surface area (Å²) in [6.07, 6.45) is 0.943. The number of benzene rings is 4. The number of methoxy groups -OCH3 is 1. The number of fused-ring (bicyclic) bond motifs is 3. The highest BCUT2D eigenvalue weighted by Gasteiger charge is 2.29. The van der Waals surface area contributed by atoms with E-state index in [9.17, 15) is 0 Å². The predicted molar refractivity (Wildman–Crippen MR) is 146 cm³/mol. The van der Waals surface area contributed by atoms with Gasteiger partial charge in [-0.1, -0.05) is 72.8 Å². The Hall–Kier alpha value is -4.22. The summed E-state index contributed by atoms with van der Waals surface area (Å²) in [6.45, 7) is 1.90. The van der Waals surface area contributed by atoms with Crippen molar-refractivity contribution < 1.29 is 14.2 Å². The van der Waals surface area contributed by atoms with Crippen molar-refractivity contribution in [2.75, 3.05) is 13.7 Å². The van der Waals surface area contributed by atoms with Crippen LogP contribution < -0.4 is 19.5 Å². The summed E-state index contributed by atoms with van der Waals surface area (Å²) in [6, 6.07) is 32.8. The van der Waals surface area contributed by atoms with Crippen molar-refractivity contribution in [3.8, 4) is 17.2 Å². The fourth-order valence-corrected chi connectivity index (χ4v) is 5.11. The maximum Gasteiger partial charge on any atom is 0.166 e. The Morgan fingerprint density at radius 2 is 1.51 bits per heavy atom. The molecule has 0 saturated carbocycles. The van der Waals surface area contributed by atoms with Gasteiger partial charge < -0.3 is 24.5 Å². The number of para-hydroxylation sites is 1. The molecular formula is C32H30N2O3. The van der Waals surface area contributed by atoms with Gasteiger partial charge in [-0.25, -0.2) is 0 Å². The van der Waals surface area contributed by atoms with E-state index in [0.29, 0.717) is 13.2 Å². The molecule has 1 aromatic heterocycles. The van der Waals surface area contributed by atoms with E-state index in [1.807, 2.05) is 54.6 Å². The third-order valence-electron chi connectivity index (χ3n) is 6.94. The van der Waals surface area contributed by atoms with Gasteiger partial charge in [0.05, 0.1) is 13.2 Å². The first-order valence-corrected chi connectivity index (χ1v) is 12.7. The standard InChI is InChI=1S/C32H30N2O3/c1-35-29-14-8-13-26(32(29)37-21-23-11-6-3-7-12-23)30-31-25(17-18-33-30)27-19-24(15-16-28(27)34-31)36-20-22-9-4-2-5-10-22/h2-16,19,30,33-34H,17-18,20-21H2,1H3. The average Bonchev–Trinajstić information content (AvgIpc) is 3.34. The fourth-order valence-electron chi connectivity index (χ4n) is 5.11. The van der Waals surface area contributed by atoms with Gasteiger partial charge in [0, 0.05) is 28.7 Å². The van der Waals surface area contributed by atoms with E-state index in [1.165, 1.54) is 16.6 Å². The molecule has 0 aliphatic carbocycles. The van der Waals surface area contributed by atoms with E-state index < -0.39 is 0 Å². The van der Waals surface area contributed by atoms with Crippen molar-refractivity contribution in [2.45, 2.75) is 25.7 Å². The second kappa shape index (κ2) is 10.4. The molecule has 5 heteroatoms. The van der Waals surface area contributed by atoms with Crippen LogP contribution in [0.1, 0.15) is 34.0 Å². The van der Waals surface area contributed by atoms with E-state index in [1.54, 1.807) is 7.11 Å². The highest BCUT2D eigenvalue weighted by Crippen LogP contribution is 2.41. The second-order valence-corrected chi connectivity index (χ2v) is 9.29. The zero-order chi connectivity index (χ0) is 25.0. The monoisotopic (exact) mass is 490 g/mol. The lowest BCUT2D eigenvalue weighted by atomic mass is 9.93. The van der Waals surface area contributed by atoms with Crippen LogP contribution in [0.5, 0.6) is 17.2 Å². The van der Waals surface area contributed by atoms with Crippen molar-refractivity contribution in [1.82, 2.24) is 10.3 Å². The molecule has 0 spiro atoms. The normalized spacial score (nSPS) is 14.8. The molecule has 1 aliphatic rings. The van der Waals surface area contributed by atoms with Crippen LogP contribution in [0.3, 0.4) is 0 Å². The van der Waals surface area contributed by atoms with Gasteiger partial charge in [0.2, 0.25) is 0 Å². The Kier molecular flexibility index (Phi) is 6.53. The maximum absolute atomic E-state index is 6.38. The van der Waals surface area contributed by atoms with Crippen molar-refractivity contribution in [2.24, 2.45) is 0 Å². The summed E-state index contributed by atoms with van der Waals surface area (Å²) in [5.74, 6) is 2.38. The number of nitrogens with one attached hydrogen (secondary N) is 2. The molecule has 0 amide bonds. The minimum absolute atomic E-state index is 0.0364. The number of ether oxygens (including phenoxy) is 3. The van der Waals surface area contributed by atoms with E-state index in [0.717, 1.165) is 52.4 Å². The summed E-state index contributed by atoms with van der Waals surface area (Å²) < 4.78 is 18.2. The van der Waals surface area contributed by atoms with E-state index >= 15 is 0 Å². The number of aromatic amines is 1. The lowest BCUT2D eigenvalue weighted by Crippen LogP contribution is -2.30. The van der Waals surface area contributed by atoms with E-state index in [-0.39, 0.29) is 6.04 Å². The third-order valence-corrected chi connectivity index (χ3v) is 6.94. The quantitative estimate of drug-likeness (QED) is 0.258. The van der Waals surface area contributed by atoms with Gasteiger partial charge in [-0.15, -0.1) is 0 Å². The molecule has 5 nitrogen and oxygen atoms in total. The van der Waals surface area contributed by atoms with Crippen LogP contribution in [0.15, 0.2) is 97.1 Å². The molecule has 0 bridgehead atoms. The van der Waals surface area contributed by atoms with E-state index in [4.69, 9.17) is 14.2 Å². The first-order chi connectivity index (χ1) is 18.3. The number of hydrogen-bond acceptors (Lipinski definition) is 4. The van der Waals surface area contributed by atoms with Crippen molar-refractivity contribution in [3.63, 3.8) is 0 Å². The molecule has 1 aliphatic heterocycles. The molecular weight excluding hydrogens is 460 g/mol. The van der Waals surface area contributed by atoms with Crippen molar-refractivity contribution >= 4 is 10.9 Å². The smallest absolute Gasteiger partial charge is 0.166 e. The predicted octanol–water partition coefficient (Wildman–Crippen LogP) is 6.57. The van der Waals surface area contributed by atoms with Crippen molar-refractivity contribution in [3.05, 3.63) is 125 Å². The molecule has 2 heterocycles. The SMILES string of the molecule is COc1cccc(C2NCCc3c2[nH]c2ccc(OCc4ccccc4)cc32)c1OCc1ccccc1. The molecule has 1 unspecified atom stereocenters. The summed E-state index contributed by atoms with van der Waals surface area (Å²) in [5, 5.41) is 4.92. The van der Waals surface area contributed by atoms with Gasteiger partial charge in [0.1, 0.15) is 19.0 Å². The highest BCUT2D eigenvalue weighted by atomic mass is 16.5. The summed E-state index contributed by atoms with van der Waals surface area (Å²) in [4.78, 5) is 3.69. The van der Waals surface area contributed by atoms with Crippen LogP contribution in [0.2, 0.25) is 0 Å². The van der Waals surface area contributed by atoms with Gasteiger partial charge in [-0.05, 0) is 47.4 Å². The molecule has 0 fully saturated rings. The fraction of sp³-hybridized carbons (Fsp3) is 0.188. The zero-order valence-electron chi connectivity index (χ0n) is 20.9. The number of rotatable bonds is 8. The first-order valence-electron chi connectivity index (χ1n) is 12.7. The van der Waals surface area contributed by atoms with Gasteiger partial charge in [0.25, 0.3) is 0 Å². The Balaban J connectivity index is 1.32. The minimum Gasteiger partial charge on any atom is -0.493 e. The maximum atomic E-state index is 6.38. The minimum atomic E-state index is -0.0364. The molecule has 186 valence electrons. The topological polar surface area (TPSA) is 55.5 Å². The molecule has 0 saturated heterocycles. The number of hydrogen-bond donors (Lipinski definition) is 2. The van der Waals surface area contributed by atoms with E-state index in [2.05, 4.69) is 52.8 Å². The van der Waals surface area contributed by atoms with Crippen LogP contribution >= 0.6 is 0 Å². The third kappa shape index (κ3) is 4.78. The molecule has 6 rings (SSSR count). The summed E-state index contributed by atoms with van der Waals surface area (Å²) in [5.41, 5.74) is 6.93. The van der Waals surface area contributed by atoms with Crippen LogP contribution in [-0.2, 0) is 19.6 Å². The molecule has 1 atom stereocenters. The molecule has 37 heavy (non-hydrogen) atoms. The Morgan fingerprint density at radius 1 is 0.784 bits per heavy atom. The Morgan fingerprint density at radius 3 is 2.24 bits per heavy atom. The first kappa shape index (κ1) is 23.2. The molecule has 2 N–H and O–H groups in total. The molecule has 0 radical (unpaired) electrons. The lowest BCUT2D eigenvalue weighted by Gasteiger charge is -2.27. The highest BCUT2D eigenvalue weighted by molar-refractivity contribution is 5.87. The van der Waals surface area contributed by atoms with Crippen LogP contribution in [-0.4, -0.2) is 18.6 Å².